The first-order valence-electron chi connectivity index (χ1n) is 3.48. The van der Waals surface area contributed by atoms with Crippen LogP contribution in [-0.4, -0.2) is 17.4 Å². The minimum atomic E-state index is 0.118. The molecule has 2 nitrogen and oxygen atoms in total. The van der Waals surface area contributed by atoms with E-state index in [0.717, 1.165) is 0 Å². The molecule has 0 bridgehead atoms. The Morgan fingerprint density at radius 2 is 2.00 bits per heavy atom. The van der Waals surface area contributed by atoms with Gasteiger partial charge in [-0.25, -0.2) is 0 Å². The molecule has 0 aromatic carbocycles. The van der Waals surface area contributed by atoms with Crippen LogP contribution >= 0.6 is 12.2 Å². The SMILES string of the molecule is CC(C)C1OC(=S)OC1C. The Balaban J connectivity index is 2.54. The van der Waals surface area contributed by atoms with Gasteiger partial charge in [-0.05, 0) is 12.8 Å². The molecule has 0 radical (unpaired) electrons. The summed E-state index contributed by atoms with van der Waals surface area (Å²) in [6, 6.07) is 0. The highest BCUT2D eigenvalue weighted by Gasteiger charge is 2.32. The zero-order valence-electron chi connectivity index (χ0n) is 6.46. The standard InChI is InChI=1S/C7H12O2S/c1-4(2)6-5(3)8-7(10)9-6/h4-6H,1-3H3. The van der Waals surface area contributed by atoms with Gasteiger partial charge in [-0.2, -0.15) is 0 Å². The Kier molecular flexibility index (Phi) is 2.14. The number of hydrogen-bond acceptors (Lipinski definition) is 3. The smallest absolute Gasteiger partial charge is 0.353 e. The van der Waals surface area contributed by atoms with Gasteiger partial charge in [0, 0.05) is 12.2 Å². The van der Waals surface area contributed by atoms with E-state index in [1.54, 1.807) is 0 Å². The lowest BCUT2D eigenvalue weighted by Gasteiger charge is -2.14. The van der Waals surface area contributed by atoms with Crippen LogP contribution in [0.4, 0.5) is 0 Å². The van der Waals surface area contributed by atoms with Crippen LogP contribution in [0.25, 0.3) is 0 Å². The van der Waals surface area contributed by atoms with Crippen molar-refractivity contribution in [2.75, 3.05) is 0 Å². The second-order valence-corrected chi connectivity index (χ2v) is 3.23. The topological polar surface area (TPSA) is 18.5 Å². The number of hydrogen-bond donors (Lipinski definition) is 0. The molecule has 10 heavy (non-hydrogen) atoms. The normalized spacial score (nSPS) is 32.2. The Hall–Kier alpha value is -0.310. The van der Waals surface area contributed by atoms with Crippen molar-refractivity contribution < 1.29 is 9.47 Å². The van der Waals surface area contributed by atoms with Crippen molar-refractivity contribution in [3.8, 4) is 0 Å². The van der Waals surface area contributed by atoms with Crippen molar-refractivity contribution in [2.24, 2.45) is 5.92 Å². The fraction of sp³-hybridized carbons (Fsp3) is 0.857. The van der Waals surface area contributed by atoms with Gasteiger partial charge in [0.2, 0.25) is 0 Å². The third kappa shape index (κ3) is 1.40. The molecule has 0 aromatic rings. The first-order chi connectivity index (χ1) is 4.61. The van der Waals surface area contributed by atoms with Crippen molar-refractivity contribution in [3.63, 3.8) is 0 Å². The highest BCUT2D eigenvalue weighted by Crippen LogP contribution is 2.21. The molecule has 2 atom stereocenters. The molecule has 3 heteroatoms. The summed E-state index contributed by atoms with van der Waals surface area (Å²) in [5.41, 5.74) is 0. The Labute approximate surface area is 66.5 Å². The van der Waals surface area contributed by atoms with Crippen molar-refractivity contribution in [3.05, 3.63) is 0 Å². The van der Waals surface area contributed by atoms with Crippen LogP contribution in [0.5, 0.6) is 0 Å². The molecule has 0 saturated carbocycles. The fourth-order valence-corrected chi connectivity index (χ4v) is 1.39. The second-order valence-electron chi connectivity index (χ2n) is 2.90. The molecule has 1 fully saturated rings. The molecule has 2 unspecified atom stereocenters. The summed E-state index contributed by atoms with van der Waals surface area (Å²) in [5, 5.41) is 0.297. The van der Waals surface area contributed by atoms with Gasteiger partial charge in [0.05, 0.1) is 0 Å². The molecule has 0 amide bonds. The van der Waals surface area contributed by atoms with E-state index < -0.39 is 0 Å². The molecule has 1 aliphatic heterocycles. The fourth-order valence-electron chi connectivity index (χ4n) is 1.13. The second kappa shape index (κ2) is 2.74. The molecule has 0 N–H and O–H groups in total. The third-order valence-corrected chi connectivity index (χ3v) is 1.83. The van der Waals surface area contributed by atoms with Crippen molar-refractivity contribution in [1.29, 1.82) is 0 Å². The molecule has 1 rings (SSSR count). The number of thiocarbonyl (C=S) groups is 1. The van der Waals surface area contributed by atoms with Crippen molar-refractivity contribution in [2.45, 2.75) is 33.0 Å². The van der Waals surface area contributed by atoms with E-state index in [1.165, 1.54) is 0 Å². The van der Waals surface area contributed by atoms with Gasteiger partial charge in [-0.1, -0.05) is 13.8 Å². The molecule has 0 spiro atoms. The summed E-state index contributed by atoms with van der Waals surface area (Å²) in [6.07, 6.45) is 0.264. The van der Waals surface area contributed by atoms with Gasteiger partial charge in [0.1, 0.15) is 12.2 Å². The lowest BCUT2D eigenvalue weighted by Crippen LogP contribution is -2.24. The molecule has 58 valence electrons. The molecule has 1 saturated heterocycles. The summed E-state index contributed by atoms with van der Waals surface area (Å²) >= 11 is 4.75. The Morgan fingerprint density at radius 3 is 2.20 bits per heavy atom. The maximum absolute atomic E-state index is 5.24. The van der Waals surface area contributed by atoms with E-state index in [0.29, 0.717) is 11.2 Å². The first kappa shape index (κ1) is 7.79. The lowest BCUT2D eigenvalue weighted by atomic mass is 10.0. The van der Waals surface area contributed by atoms with Crippen LogP contribution in [0.15, 0.2) is 0 Å². The van der Waals surface area contributed by atoms with Gasteiger partial charge in [-0.3, -0.25) is 0 Å². The van der Waals surface area contributed by atoms with E-state index in [1.807, 2.05) is 6.92 Å². The molecular formula is C7H12O2S. The van der Waals surface area contributed by atoms with Crippen LogP contribution in [0.2, 0.25) is 0 Å². The highest BCUT2D eigenvalue weighted by molar-refractivity contribution is 7.79. The van der Waals surface area contributed by atoms with Gasteiger partial charge in [0.25, 0.3) is 0 Å². The van der Waals surface area contributed by atoms with Crippen molar-refractivity contribution in [1.82, 2.24) is 0 Å². The van der Waals surface area contributed by atoms with Crippen LogP contribution in [0.1, 0.15) is 20.8 Å². The maximum atomic E-state index is 5.24. The monoisotopic (exact) mass is 160 g/mol. The first-order valence-corrected chi connectivity index (χ1v) is 3.89. The molecule has 0 aliphatic carbocycles. The van der Waals surface area contributed by atoms with Crippen LogP contribution < -0.4 is 0 Å². The molecule has 1 aliphatic rings. The van der Waals surface area contributed by atoms with E-state index >= 15 is 0 Å². The Morgan fingerprint density at radius 1 is 1.40 bits per heavy atom. The van der Waals surface area contributed by atoms with Gasteiger partial charge in [0.15, 0.2) is 0 Å². The predicted molar refractivity (Wildman–Crippen MR) is 42.9 cm³/mol. The average Bonchev–Trinajstić information content (AvgIpc) is 2.10. The average molecular weight is 160 g/mol. The van der Waals surface area contributed by atoms with Crippen LogP contribution in [-0.2, 0) is 9.47 Å². The van der Waals surface area contributed by atoms with E-state index in [-0.39, 0.29) is 12.2 Å². The van der Waals surface area contributed by atoms with Gasteiger partial charge >= 0.3 is 5.24 Å². The van der Waals surface area contributed by atoms with Crippen LogP contribution in [0, 0.1) is 5.92 Å². The highest BCUT2D eigenvalue weighted by atomic mass is 32.1. The maximum Gasteiger partial charge on any atom is 0.353 e. The minimum absolute atomic E-state index is 0.118. The summed E-state index contributed by atoms with van der Waals surface area (Å²) in [5.74, 6) is 0.468. The largest absolute Gasteiger partial charge is 0.450 e. The zero-order chi connectivity index (χ0) is 7.72. The molecular weight excluding hydrogens is 148 g/mol. The Bertz CT molecular complexity index is 145. The van der Waals surface area contributed by atoms with E-state index in [9.17, 15) is 0 Å². The van der Waals surface area contributed by atoms with Crippen LogP contribution in [0.3, 0.4) is 0 Å². The van der Waals surface area contributed by atoms with E-state index in [2.05, 4.69) is 13.8 Å². The minimum Gasteiger partial charge on any atom is -0.450 e. The lowest BCUT2D eigenvalue weighted by molar-refractivity contribution is 0.126. The molecule has 0 aromatic heterocycles. The number of rotatable bonds is 1. The predicted octanol–water partition coefficient (Wildman–Crippen LogP) is 1.73. The summed E-state index contributed by atoms with van der Waals surface area (Å²) in [4.78, 5) is 0. The number of ether oxygens (including phenoxy) is 2. The van der Waals surface area contributed by atoms with Crippen molar-refractivity contribution >= 4 is 17.5 Å². The van der Waals surface area contributed by atoms with Gasteiger partial charge < -0.3 is 9.47 Å². The van der Waals surface area contributed by atoms with E-state index in [4.69, 9.17) is 21.7 Å². The summed E-state index contributed by atoms with van der Waals surface area (Å²) in [6.45, 7) is 6.17. The quantitative estimate of drug-likeness (QED) is 0.544. The summed E-state index contributed by atoms with van der Waals surface area (Å²) in [7, 11) is 0. The molecule has 1 heterocycles. The van der Waals surface area contributed by atoms with Gasteiger partial charge in [-0.15, -0.1) is 0 Å². The zero-order valence-corrected chi connectivity index (χ0v) is 7.27. The summed E-state index contributed by atoms with van der Waals surface area (Å²) < 4.78 is 10.4. The third-order valence-electron chi connectivity index (χ3n) is 1.63.